The number of nitrogens with one attached hydrogen (secondary N) is 4. The van der Waals surface area contributed by atoms with Crippen molar-refractivity contribution in [3.63, 3.8) is 0 Å². The van der Waals surface area contributed by atoms with Crippen LogP contribution < -0.4 is 21.3 Å². The van der Waals surface area contributed by atoms with Crippen LogP contribution in [0.5, 0.6) is 0 Å². The molecule has 0 saturated carbocycles. The van der Waals surface area contributed by atoms with Gasteiger partial charge in [0.25, 0.3) is 5.91 Å². The number of alkyl halides is 3. The molecule has 8 nitrogen and oxygen atoms in total. The van der Waals surface area contributed by atoms with E-state index < -0.39 is 24.0 Å². The van der Waals surface area contributed by atoms with Gasteiger partial charge in [0.15, 0.2) is 0 Å². The third-order valence-corrected chi connectivity index (χ3v) is 8.86. The number of hydrogen-bond donors (Lipinski definition) is 4. The highest BCUT2D eigenvalue weighted by atomic mass is 19.4. The molecule has 0 bridgehead atoms. The van der Waals surface area contributed by atoms with E-state index in [1.165, 1.54) is 0 Å². The van der Waals surface area contributed by atoms with E-state index in [9.17, 15) is 27.6 Å². The van der Waals surface area contributed by atoms with Crippen LogP contribution in [-0.4, -0.2) is 67.7 Å². The van der Waals surface area contributed by atoms with Gasteiger partial charge in [0.2, 0.25) is 5.91 Å². The molecule has 2 aliphatic rings. The van der Waals surface area contributed by atoms with E-state index in [0.29, 0.717) is 30.6 Å². The maximum atomic E-state index is 13.7. The van der Waals surface area contributed by atoms with Gasteiger partial charge in [0, 0.05) is 25.7 Å². The van der Waals surface area contributed by atoms with Gasteiger partial charge in [-0.15, -0.1) is 0 Å². The van der Waals surface area contributed by atoms with Crippen LogP contribution in [0, 0.1) is 0 Å². The Morgan fingerprint density at radius 2 is 1.46 bits per heavy atom. The van der Waals surface area contributed by atoms with Crippen LogP contribution >= 0.6 is 0 Å². The number of benzene rings is 3. The minimum Gasteiger partial charge on any atom is -0.349 e. The van der Waals surface area contributed by atoms with Crippen LogP contribution in [0.2, 0.25) is 0 Å². The molecule has 1 heterocycles. The zero-order valence-electron chi connectivity index (χ0n) is 25.9. The number of urea groups is 1. The largest absolute Gasteiger partial charge is 0.405 e. The molecule has 5 rings (SSSR count). The maximum Gasteiger partial charge on any atom is 0.405 e. The first-order valence-electron chi connectivity index (χ1n) is 15.8. The first-order valence-corrected chi connectivity index (χ1v) is 15.8. The summed E-state index contributed by atoms with van der Waals surface area (Å²) in [6.07, 6.45) is -1.17. The number of rotatable bonds is 11. The Balaban J connectivity index is 1.17. The Bertz CT molecular complexity index is 1510. The van der Waals surface area contributed by atoms with Gasteiger partial charge in [0.05, 0.1) is 11.3 Å². The molecule has 0 spiro atoms. The van der Waals surface area contributed by atoms with Gasteiger partial charge < -0.3 is 26.2 Å². The molecule has 4 N–H and O–H groups in total. The number of unbranched alkanes of at least 4 members (excludes halogenated alkanes) is 1. The number of halogens is 3. The zero-order chi connectivity index (χ0) is 32.7. The third-order valence-electron chi connectivity index (χ3n) is 8.86. The second-order valence-corrected chi connectivity index (χ2v) is 11.9. The normalized spacial score (nSPS) is 15.8. The number of piperidine rings is 1. The summed E-state index contributed by atoms with van der Waals surface area (Å²) in [6.45, 7) is 3.26. The average molecular weight is 636 g/mol. The van der Waals surface area contributed by atoms with Crippen LogP contribution in [0.25, 0.3) is 11.1 Å². The average Bonchev–Trinajstić information content (AvgIpc) is 3.33. The number of likely N-dealkylation sites (tertiary alicyclic amines) is 1. The summed E-state index contributed by atoms with van der Waals surface area (Å²) in [5, 5.41) is 10.7. The van der Waals surface area contributed by atoms with Gasteiger partial charge in [-0.05, 0) is 73.5 Å². The molecule has 46 heavy (non-hydrogen) atoms. The molecule has 1 saturated heterocycles. The van der Waals surface area contributed by atoms with E-state index in [4.69, 9.17) is 0 Å². The van der Waals surface area contributed by atoms with Crippen LogP contribution in [0.4, 0.5) is 23.7 Å². The van der Waals surface area contributed by atoms with Gasteiger partial charge in [0.1, 0.15) is 12.0 Å². The first kappa shape index (κ1) is 33.0. The first-order chi connectivity index (χ1) is 22.1. The summed E-state index contributed by atoms with van der Waals surface area (Å²) in [5.41, 5.74) is 2.91. The lowest BCUT2D eigenvalue weighted by Gasteiger charge is -2.33. The van der Waals surface area contributed by atoms with Crippen molar-refractivity contribution in [2.24, 2.45) is 0 Å². The summed E-state index contributed by atoms with van der Waals surface area (Å²) in [5.74, 6) is -0.862. The van der Waals surface area contributed by atoms with Crippen LogP contribution in [0.1, 0.15) is 60.5 Å². The molecule has 0 atom stereocenters. The fourth-order valence-electron chi connectivity index (χ4n) is 6.69. The molecule has 1 fully saturated rings. The number of anilines is 1. The minimum atomic E-state index is -4.51. The summed E-state index contributed by atoms with van der Waals surface area (Å²) < 4.78 is 39.4. The van der Waals surface area contributed by atoms with E-state index >= 15 is 0 Å². The summed E-state index contributed by atoms with van der Waals surface area (Å²) in [7, 11) is 0. The highest BCUT2D eigenvalue weighted by molar-refractivity contribution is 6.03. The molecule has 3 aromatic rings. The molecular weight excluding hydrogens is 595 g/mol. The smallest absolute Gasteiger partial charge is 0.349 e. The van der Waals surface area contributed by atoms with Crippen LogP contribution in [0.15, 0.2) is 72.8 Å². The number of carbonyl (C=O) groups is 3. The van der Waals surface area contributed by atoms with Gasteiger partial charge in [-0.2, -0.15) is 13.2 Å². The van der Waals surface area contributed by atoms with Crippen LogP contribution in [0.3, 0.4) is 0 Å². The Morgan fingerprint density at radius 3 is 2.09 bits per heavy atom. The van der Waals surface area contributed by atoms with Crippen molar-refractivity contribution in [3.05, 3.63) is 89.5 Å². The number of fused-ring (bicyclic) bond motifs is 3. The topological polar surface area (TPSA) is 103 Å². The van der Waals surface area contributed by atoms with Crippen molar-refractivity contribution < 1.29 is 27.6 Å². The van der Waals surface area contributed by atoms with Crippen molar-refractivity contribution >= 4 is 23.5 Å². The molecular formula is C35H40F3N5O3. The number of nitrogens with zero attached hydrogens (tertiary/aromatic N) is 1. The van der Waals surface area contributed by atoms with E-state index in [2.05, 4.69) is 26.2 Å². The van der Waals surface area contributed by atoms with Gasteiger partial charge in [-0.3, -0.25) is 9.59 Å². The molecule has 0 unspecified atom stereocenters. The second-order valence-electron chi connectivity index (χ2n) is 11.9. The predicted molar refractivity (Wildman–Crippen MR) is 172 cm³/mol. The highest BCUT2D eigenvalue weighted by Gasteiger charge is 2.49. The lowest BCUT2D eigenvalue weighted by molar-refractivity contribution is -0.141. The summed E-state index contributed by atoms with van der Waals surface area (Å²) in [6, 6.07) is 21.5. The van der Waals surface area contributed by atoms with E-state index in [1.807, 2.05) is 55.5 Å². The Labute approximate surface area is 267 Å². The maximum absolute atomic E-state index is 13.7. The molecule has 4 amide bonds. The lowest BCUT2D eigenvalue weighted by atomic mass is 9.73. The Morgan fingerprint density at radius 1 is 0.848 bits per heavy atom. The van der Waals surface area contributed by atoms with Crippen molar-refractivity contribution in [2.45, 2.75) is 56.7 Å². The fourth-order valence-corrected chi connectivity index (χ4v) is 6.69. The van der Waals surface area contributed by atoms with Crippen LogP contribution in [-0.2, 0) is 10.2 Å². The highest BCUT2D eigenvalue weighted by Crippen LogP contribution is 2.51. The number of para-hydroxylation sites is 1. The SMILES string of the molecule is CCNC(=O)Nc1ccccc1C(=O)NC1CCN(CCCCC2(C(=O)NCC(F)(F)F)c3ccccc3-c3ccccc32)CC1. The summed E-state index contributed by atoms with van der Waals surface area (Å²) >= 11 is 0. The molecule has 244 valence electrons. The minimum absolute atomic E-state index is 0.00614. The third kappa shape index (κ3) is 7.36. The van der Waals surface area contributed by atoms with E-state index in [0.717, 1.165) is 61.2 Å². The molecule has 3 aromatic carbocycles. The Hall–Kier alpha value is -4.38. The molecule has 1 aliphatic heterocycles. The fraction of sp³-hybridized carbons (Fsp3) is 0.400. The van der Waals surface area contributed by atoms with Gasteiger partial charge in [-0.1, -0.05) is 67.1 Å². The van der Waals surface area contributed by atoms with Crippen molar-refractivity contribution in [1.29, 1.82) is 0 Å². The van der Waals surface area contributed by atoms with Gasteiger partial charge >= 0.3 is 12.2 Å². The number of hydrogen-bond acceptors (Lipinski definition) is 4. The van der Waals surface area contributed by atoms with Crippen molar-refractivity contribution in [2.75, 3.05) is 38.0 Å². The summed E-state index contributed by atoms with van der Waals surface area (Å²) in [4.78, 5) is 41.1. The van der Waals surface area contributed by atoms with E-state index in [-0.39, 0.29) is 18.0 Å². The molecule has 11 heteroatoms. The standard InChI is InChI=1S/C35H40F3N5O3/c1-2-39-33(46)42-30-16-8-5-13-27(30)31(44)41-24-17-21-43(22-18-24)20-10-9-19-34(32(45)40-23-35(36,37)38)28-14-6-3-11-25(28)26-12-4-7-15-29(26)34/h3-8,11-16,24H,2,9-10,17-23H2,1H3,(H,40,45)(H,41,44)(H2,39,42,46). The van der Waals surface area contributed by atoms with Gasteiger partial charge in [-0.25, -0.2) is 4.79 Å². The number of amides is 4. The lowest BCUT2D eigenvalue weighted by Crippen LogP contribution is -2.47. The zero-order valence-corrected chi connectivity index (χ0v) is 25.9. The van der Waals surface area contributed by atoms with E-state index in [1.54, 1.807) is 24.3 Å². The van der Waals surface area contributed by atoms with Crippen molar-refractivity contribution in [3.8, 4) is 11.1 Å². The number of carbonyl (C=O) groups excluding carboxylic acids is 3. The molecule has 1 aliphatic carbocycles. The predicted octanol–water partition coefficient (Wildman–Crippen LogP) is 5.84. The van der Waals surface area contributed by atoms with Crippen molar-refractivity contribution in [1.82, 2.24) is 20.9 Å². The monoisotopic (exact) mass is 635 g/mol. The quantitative estimate of drug-likeness (QED) is 0.199. The molecule has 0 radical (unpaired) electrons. The molecule has 0 aromatic heterocycles. The second kappa shape index (κ2) is 14.4. The Kier molecular flexibility index (Phi) is 10.3.